The zero-order valence-corrected chi connectivity index (χ0v) is 11.8. The molecule has 1 aliphatic heterocycles. The Morgan fingerprint density at radius 3 is 3.00 bits per heavy atom. The lowest BCUT2D eigenvalue weighted by Gasteiger charge is -2.29. The molecule has 106 valence electrons. The second-order valence-electron chi connectivity index (χ2n) is 4.74. The Balaban J connectivity index is 1.88. The summed E-state index contributed by atoms with van der Waals surface area (Å²) in [5, 5.41) is 3.42. The minimum Gasteiger partial charge on any atom is -0.490 e. The van der Waals surface area contributed by atoms with Crippen molar-refractivity contribution in [2.24, 2.45) is 0 Å². The normalized spacial score (nSPS) is 18.0. The van der Waals surface area contributed by atoms with E-state index in [-0.39, 0.29) is 0 Å². The van der Waals surface area contributed by atoms with Crippen LogP contribution < -0.4 is 10.1 Å². The SMILES string of the molecule is CCOc1cccnc1NC(C)CN1CCOCC1. The predicted molar refractivity (Wildman–Crippen MR) is 75.7 cm³/mol. The number of ether oxygens (including phenoxy) is 2. The largest absolute Gasteiger partial charge is 0.490 e. The summed E-state index contributed by atoms with van der Waals surface area (Å²) in [4.78, 5) is 6.76. The molecule has 0 saturated carbocycles. The van der Waals surface area contributed by atoms with E-state index < -0.39 is 0 Å². The highest BCUT2D eigenvalue weighted by Gasteiger charge is 2.15. The molecule has 2 rings (SSSR count). The van der Waals surface area contributed by atoms with Crippen molar-refractivity contribution < 1.29 is 9.47 Å². The average molecular weight is 265 g/mol. The summed E-state index contributed by atoms with van der Waals surface area (Å²) in [6, 6.07) is 4.16. The predicted octanol–water partition coefficient (Wildman–Crippen LogP) is 1.61. The fourth-order valence-corrected chi connectivity index (χ4v) is 2.22. The van der Waals surface area contributed by atoms with Gasteiger partial charge in [0.1, 0.15) is 0 Å². The van der Waals surface area contributed by atoms with E-state index in [1.165, 1.54) is 0 Å². The molecule has 0 aliphatic carbocycles. The minimum atomic E-state index is 0.326. The van der Waals surface area contributed by atoms with Gasteiger partial charge in [-0.15, -0.1) is 0 Å². The molecule has 1 N–H and O–H groups in total. The summed E-state index contributed by atoms with van der Waals surface area (Å²) >= 11 is 0. The molecule has 2 heterocycles. The molecule has 1 fully saturated rings. The van der Waals surface area contributed by atoms with Crippen LogP contribution in [0, 0.1) is 0 Å². The van der Waals surface area contributed by atoms with Gasteiger partial charge >= 0.3 is 0 Å². The molecule has 1 unspecified atom stereocenters. The fraction of sp³-hybridized carbons (Fsp3) is 0.643. The molecular formula is C14H23N3O2. The second kappa shape index (κ2) is 7.31. The summed E-state index contributed by atoms with van der Waals surface area (Å²) in [5.74, 6) is 1.64. The number of nitrogens with one attached hydrogen (secondary N) is 1. The third-order valence-electron chi connectivity index (χ3n) is 3.09. The monoisotopic (exact) mass is 265 g/mol. The van der Waals surface area contributed by atoms with Crippen molar-refractivity contribution in [1.29, 1.82) is 0 Å². The van der Waals surface area contributed by atoms with Gasteiger partial charge in [0.15, 0.2) is 11.6 Å². The van der Waals surface area contributed by atoms with Gasteiger partial charge in [-0.25, -0.2) is 4.98 Å². The zero-order chi connectivity index (χ0) is 13.5. The van der Waals surface area contributed by atoms with Gasteiger partial charge in [-0.2, -0.15) is 0 Å². The molecule has 1 aliphatic rings. The molecule has 5 heteroatoms. The van der Waals surface area contributed by atoms with Crippen molar-refractivity contribution >= 4 is 5.82 Å². The maximum absolute atomic E-state index is 5.57. The highest BCUT2D eigenvalue weighted by Crippen LogP contribution is 2.21. The highest BCUT2D eigenvalue weighted by atomic mass is 16.5. The molecular weight excluding hydrogens is 242 g/mol. The van der Waals surface area contributed by atoms with Gasteiger partial charge in [0, 0.05) is 31.9 Å². The summed E-state index contributed by atoms with van der Waals surface area (Å²) in [7, 11) is 0. The van der Waals surface area contributed by atoms with E-state index in [0.717, 1.165) is 44.4 Å². The quantitative estimate of drug-likeness (QED) is 0.847. The third kappa shape index (κ3) is 4.36. The van der Waals surface area contributed by atoms with Crippen LogP contribution in [0.3, 0.4) is 0 Å². The number of morpholine rings is 1. The van der Waals surface area contributed by atoms with Gasteiger partial charge < -0.3 is 14.8 Å². The first-order chi connectivity index (χ1) is 9.29. The van der Waals surface area contributed by atoms with Crippen LogP contribution >= 0.6 is 0 Å². The van der Waals surface area contributed by atoms with E-state index in [4.69, 9.17) is 9.47 Å². The summed E-state index contributed by atoms with van der Waals surface area (Å²) < 4.78 is 10.9. The van der Waals surface area contributed by atoms with Crippen molar-refractivity contribution in [2.75, 3.05) is 44.8 Å². The Hall–Kier alpha value is -1.33. The van der Waals surface area contributed by atoms with Crippen molar-refractivity contribution in [3.05, 3.63) is 18.3 Å². The van der Waals surface area contributed by atoms with Gasteiger partial charge in [0.2, 0.25) is 0 Å². The Labute approximate surface area is 114 Å². The Morgan fingerprint density at radius 1 is 1.47 bits per heavy atom. The number of aromatic nitrogens is 1. The van der Waals surface area contributed by atoms with Crippen LogP contribution in [0.4, 0.5) is 5.82 Å². The molecule has 1 saturated heterocycles. The van der Waals surface area contributed by atoms with Crippen LogP contribution in [0.15, 0.2) is 18.3 Å². The smallest absolute Gasteiger partial charge is 0.168 e. The Bertz CT molecular complexity index is 381. The lowest BCUT2D eigenvalue weighted by Crippen LogP contribution is -2.42. The van der Waals surface area contributed by atoms with Crippen LogP contribution in [0.2, 0.25) is 0 Å². The lowest BCUT2D eigenvalue weighted by molar-refractivity contribution is 0.0368. The number of hydrogen-bond acceptors (Lipinski definition) is 5. The Morgan fingerprint density at radius 2 is 2.26 bits per heavy atom. The highest BCUT2D eigenvalue weighted by molar-refractivity contribution is 5.50. The molecule has 0 bridgehead atoms. The van der Waals surface area contributed by atoms with Crippen molar-refractivity contribution in [2.45, 2.75) is 19.9 Å². The van der Waals surface area contributed by atoms with Crippen LogP contribution in [-0.4, -0.2) is 55.4 Å². The molecule has 0 radical (unpaired) electrons. The number of nitrogens with zero attached hydrogens (tertiary/aromatic N) is 2. The van der Waals surface area contributed by atoms with Gasteiger partial charge in [-0.1, -0.05) is 0 Å². The van der Waals surface area contributed by atoms with Crippen LogP contribution in [-0.2, 0) is 4.74 Å². The summed E-state index contributed by atoms with van der Waals surface area (Å²) in [5.41, 5.74) is 0. The lowest BCUT2D eigenvalue weighted by atomic mass is 10.2. The number of anilines is 1. The standard InChI is InChI=1S/C14H23N3O2/c1-3-19-13-5-4-6-15-14(13)16-12(2)11-17-7-9-18-10-8-17/h4-6,12H,3,7-11H2,1-2H3,(H,15,16). The van der Waals surface area contributed by atoms with E-state index in [1.54, 1.807) is 6.20 Å². The molecule has 1 aromatic heterocycles. The first-order valence-corrected chi connectivity index (χ1v) is 6.94. The minimum absolute atomic E-state index is 0.326. The first kappa shape index (κ1) is 14.1. The first-order valence-electron chi connectivity index (χ1n) is 6.94. The van der Waals surface area contributed by atoms with E-state index in [9.17, 15) is 0 Å². The number of hydrogen-bond donors (Lipinski definition) is 1. The molecule has 0 amide bonds. The van der Waals surface area contributed by atoms with Crippen LogP contribution in [0.5, 0.6) is 5.75 Å². The summed E-state index contributed by atoms with van der Waals surface area (Å²) in [6.07, 6.45) is 1.78. The van der Waals surface area contributed by atoms with Crippen LogP contribution in [0.1, 0.15) is 13.8 Å². The third-order valence-corrected chi connectivity index (χ3v) is 3.09. The van der Waals surface area contributed by atoms with Crippen LogP contribution in [0.25, 0.3) is 0 Å². The zero-order valence-electron chi connectivity index (χ0n) is 11.8. The van der Waals surface area contributed by atoms with E-state index in [2.05, 4.69) is 22.1 Å². The Kier molecular flexibility index (Phi) is 5.42. The molecule has 5 nitrogen and oxygen atoms in total. The van der Waals surface area contributed by atoms with Gasteiger partial charge in [0.25, 0.3) is 0 Å². The van der Waals surface area contributed by atoms with Crippen molar-refractivity contribution in [3.8, 4) is 5.75 Å². The van der Waals surface area contributed by atoms with Crippen molar-refractivity contribution in [1.82, 2.24) is 9.88 Å². The molecule has 0 aromatic carbocycles. The number of rotatable bonds is 6. The van der Waals surface area contributed by atoms with E-state index >= 15 is 0 Å². The van der Waals surface area contributed by atoms with E-state index in [0.29, 0.717) is 12.6 Å². The topological polar surface area (TPSA) is 46.6 Å². The fourth-order valence-electron chi connectivity index (χ4n) is 2.22. The van der Waals surface area contributed by atoms with Gasteiger partial charge in [0.05, 0.1) is 19.8 Å². The summed E-state index contributed by atoms with van der Waals surface area (Å²) in [6.45, 7) is 9.47. The molecule has 0 spiro atoms. The second-order valence-corrected chi connectivity index (χ2v) is 4.74. The van der Waals surface area contributed by atoms with E-state index in [1.807, 2.05) is 19.1 Å². The molecule has 1 aromatic rings. The maximum atomic E-state index is 5.57. The average Bonchev–Trinajstić information content (AvgIpc) is 2.42. The molecule has 1 atom stereocenters. The van der Waals surface area contributed by atoms with Gasteiger partial charge in [-0.3, -0.25) is 4.90 Å². The maximum Gasteiger partial charge on any atom is 0.168 e. The number of pyridine rings is 1. The molecule has 19 heavy (non-hydrogen) atoms. The van der Waals surface area contributed by atoms with Gasteiger partial charge in [-0.05, 0) is 26.0 Å². The van der Waals surface area contributed by atoms with Crippen molar-refractivity contribution in [3.63, 3.8) is 0 Å².